The van der Waals surface area contributed by atoms with Crippen molar-refractivity contribution in [3.05, 3.63) is 36.5 Å². The van der Waals surface area contributed by atoms with E-state index in [-0.39, 0.29) is 5.78 Å². The molecule has 0 saturated heterocycles. The van der Waals surface area contributed by atoms with Crippen molar-refractivity contribution in [1.82, 2.24) is 0 Å². The van der Waals surface area contributed by atoms with Gasteiger partial charge in [0.15, 0.2) is 5.78 Å². The molecule has 1 rings (SSSR count). The summed E-state index contributed by atoms with van der Waals surface area (Å²) in [4.78, 5) is 10.6. The number of rotatable bonds is 0. The van der Waals surface area contributed by atoms with Gasteiger partial charge in [-0.15, -0.1) is 0 Å². The van der Waals surface area contributed by atoms with E-state index in [1.165, 1.54) is 0 Å². The predicted molar refractivity (Wildman–Crippen MR) is 37.0 cm³/mol. The van der Waals surface area contributed by atoms with E-state index < -0.39 is 0 Å². The number of allylic oxidation sites excluding steroid dienone is 5. The van der Waals surface area contributed by atoms with Crippen LogP contribution in [0.15, 0.2) is 36.5 Å². The highest BCUT2D eigenvalue weighted by molar-refractivity contribution is 5.91. The molecule has 1 heteroatoms. The Morgan fingerprint density at radius 2 is 2.11 bits per heavy atom. The first-order chi connectivity index (χ1) is 4.29. The van der Waals surface area contributed by atoms with Crippen LogP contribution < -0.4 is 0 Å². The molecule has 0 amide bonds. The largest absolute Gasteiger partial charge is 0.295 e. The Morgan fingerprint density at radius 3 is 2.89 bits per heavy atom. The monoisotopic (exact) mass is 120 g/mol. The molecule has 0 atom stereocenters. The second kappa shape index (κ2) is 2.44. The van der Waals surface area contributed by atoms with Gasteiger partial charge in [-0.25, -0.2) is 0 Å². The van der Waals surface area contributed by atoms with E-state index in [2.05, 4.69) is 6.58 Å². The van der Waals surface area contributed by atoms with Crippen LogP contribution in [0.4, 0.5) is 0 Å². The van der Waals surface area contributed by atoms with Crippen molar-refractivity contribution < 1.29 is 4.79 Å². The topological polar surface area (TPSA) is 17.1 Å². The van der Waals surface area contributed by atoms with Crippen molar-refractivity contribution in [3.63, 3.8) is 0 Å². The molecule has 46 valence electrons. The summed E-state index contributed by atoms with van der Waals surface area (Å²) in [5.74, 6) is 0.143. The molecule has 0 spiro atoms. The van der Waals surface area contributed by atoms with E-state index in [0.717, 1.165) is 5.57 Å². The van der Waals surface area contributed by atoms with Crippen LogP contribution in [0.5, 0.6) is 0 Å². The summed E-state index contributed by atoms with van der Waals surface area (Å²) in [6.45, 7) is 3.68. The van der Waals surface area contributed by atoms with Gasteiger partial charge in [0.2, 0.25) is 0 Å². The molecule has 0 unspecified atom stereocenters. The van der Waals surface area contributed by atoms with Crippen LogP contribution in [0, 0.1) is 0 Å². The number of hydrogen-bond acceptors (Lipinski definition) is 1. The molecule has 0 saturated carbocycles. The summed E-state index contributed by atoms with van der Waals surface area (Å²) in [6, 6.07) is 0. The molecule has 0 aromatic heterocycles. The van der Waals surface area contributed by atoms with Crippen molar-refractivity contribution in [2.75, 3.05) is 0 Å². The van der Waals surface area contributed by atoms with Gasteiger partial charge in [0, 0.05) is 6.42 Å². The van der Waals surface area contributed by atoms with E-state index in [4.69, 9.17) is 0 Å². The lowest BCUT2D eigenvalue weighted by molar-refractivity contribution is -0.113. The first-order valence-corrected chi connectivity index (χ1v) is 2.85. The highest BCUT2D eigenvalue weighted by Gasteiger charge is 1.95. The standard InChI is InChI=1S/C8H8O/c1-7-3-2-4-8(9)6-5-7/h2-3,5-6H,1,4H2. The zero-order valence-corrected chi connectivity index (χ0v) is 5.13. The average Bonchev–Trinajstić information content (AvgIpc) is 1.97. The number of carbonyl (C=O) groups excluding carboxylic acids is 1. The second-order valence-corrected chi connectivity index (χ2v) is 1.98. The quantitative estimate of drug-likeness (QED) is 0.474. The third-order valence-corrected chi connectivity index (χ3v) is 1.13. The summed E-state index contributed by atoms with van der Waals surface area (Å²) in [6.07, 6.45) is 7.47. The molecule has 0 aliphatic heterocycles. The Balaban J connectivity index is 2.80. The Hall–Kier alpha value is -1.11. The molecule has 1 nitrogen and oxygen atoms in total. The molecule has 0 heterocycles. The molecule has 0 aromatic rings. The summed E-state index contributed by atoms with van der Waals surface area (Å²) in [5.41, 5.74) is 0.890. The third-order valence-electron chi connectivity index (χ3n) is 1.13. The van der Waals surface area contributed by atoms with Crippen molar-refractivity contribution in [2.45, 2.75) is 6.42 Å². The smallest absolute Gasteiger partial charge is 0.159 e. The molecule has 0 fully saturated rings. The first kappa shape index (κ1) is 6.02. The fourth-order valence-electron chi connectivity index (χ4n) is 0.650. The van der Waals surface area contributed by atoms with Gasteiger partial charge < -0.3 is 0 Å². The molecule has 0 bridgehead atoms. The predicted octanol–water partition coefficient (Wildman–Crippen LogP) is 1.63. The van der Waals surface area contributed by atoms with Crippen molar-refractivity contribution in [3.8, 4) is 0 Å². The van der Waals surface area contributed by atoms with Gasteiger partial charge in [0.05, 0.1) is 0 Å². The lowest BCUT2D eigenvalue weighted by Crippen LogP contribution is -1.85. The maximum atomic E-state index is 10.6. The average molecular weight is 120 g/mol. The molecular formula is C8H8O. The van der Waals surface area contributed by atoms with E-state index >= 15 is 0 Å². The van der Waals surface area contributed by atoms with Crippen molar-refractivity contribution >= 4 is 5.78 Å². The highest BCUT2D eigenvalue weighted by Crippen LogP contribution is 2.02. The third kappa shape index (κ3) is 1.68. The normalized spacial score (nSPS) is 18.2. The minimum atomic E-state index is 0.143. The van der Waals surface area contributed by atoms with E-state index in [9.17, 15) is 4.79 Å². The van der Waals surface area contributed by atoms with Gasteiger partial charge in [-0.05, 0) is 11.6 Å². The second-order valence-electron chi connectivity index (χ2n) is 1.98. The lowest BCUT2D eigenvalue weighted by atomic mass is 10.3. The SMILES string of the molecule is C=C1C=CCC(=O)C=C1. The number of ketones is 1. The van der Waals surface area contributed by atoms with Gasteiger partial charge in [-0.1, -0.05) is 24.8 Å². The van der Waals surface area contributed by atoms with Crippen LogP contribution in [0.3, 0.4) is 0 Å². The Kier molecular flexibility index (Phi) is 1.63. The molecule has 9 heavy (non-hydrogen) atoms. The Morgan fingerprint density at radius 1 is 1.33 bits per heavy atom. The van der Waals surface area contributed by atoms with Gasteiger partial charge >= 0.3 is 0 Å². The fourth-order valence-corrected chi connectivity index (χ4v) is 0.650. The summed E-state index contributed by atoms with van der Waals surface area (Å²) >= 11 is 0. The maximum absolute atomic E-state index is 10.6. The fraction of sp³-hybridized carbons (Fsp3) is 0.125. The van der Waals surface area contributed by atoms with Crippen LogP contribution in [0.1, 0.15) is 6.42 Å². The van der Waals surface area contributed by atoms with Gasteiger partial charge in [0.25, 0.3) is 0 Å². The van der Waals surface area contributed by atoms with Crippen LogP contribution in [-0.4, -0.2) is 5.78 Å². The zero-order chi connectivity index (χ0) is 6.69. The molecule has 0 radical (unpaired) electrons. The summed E-state index contributed by atoms with van der Waals surface area (Å²) in [5, 5.41) is 0. The van der Waals surface area contributed by atoms with E-state index in [1.807, 2.05) is 12.2 Å². The number of carbonyl (C=O) groups is 1. The zero-order valence-electron chi connectivity index (χ0n) is 5.13. The number of hydrogen-bond donors (Lipinski definition) is 0. The minimum absolute atomic E-state index is 0.143. The van der Waals surface area contributed by atoms with Crippen LogP contribution in [-0.2, 0) is 4.79 Å². The van der Waals surface area contributed by atoms with Crippen LogP contribution >= 0.6 is 0 Å². The van der Waals surface area contributed by atoms with Gasteiger partial charge in [0.1, 0.15) is 0 Å². The first-order valence-electron chi connectivity index (χ1n) is 2.85. The Bertz CT molecular complexity index is 197. The van der Waals surface area contributed by atoms with Crippen LogP contribution in [0.25, 0.3) is 0 Å². The van der Waals surface area contributed by atoms with Crippen LogP contribution in [0.2, 0.25) is 0 Å². The minimum Gasteiger partial charge on any atom is -0.295 e. The van der Waals surface area contributed by atoms with Gasteiger partial charge in [-0.3, -0.25) is 4.79 Å². The molecule has 1 aliphatic carbocycles. The van der Waals surface area contributed by atoms with E-state index in [1.54, 1.807) is 12.2 Å². The molecular weight excluding hydrogens is 112 g/mol. The van der Waals surface area contributed by atoms with E-state index in [0.29, 0.717) is 6.42 Å². The Labute approximate surface area is 54.4 Å². The molecule has 0 N–H and O–H groups in total. The molecule has 0 aromatic carbocycles. The van der Waals surface area contributed by atoms with Gasteiger partial charge in [-0.2, -0.15) is 0 Å². The maximum Gasteiger partial charge on any atom is 0.159 e. The van der Waals surface area contributed by atoms with Crippen molar-refractivity contribution in [1.29, 1.82) is 0 Å². The lowest BCUT2D eigenvalue weighted by Gasteiger charge is -1.79. The highest BCUT2D eigenvalue weighted by atomic mass is 16.1. The summed E-state index contributed by atoms with van der Waals surface area (Å²) < 4.78 is 0. The van der Waals surface area contributed by atoms with Crippen molar-refractivity contribution in [2.24, 2.45) is 0 Å². The molecule has 1 aliphatic rings. The summed E-state index contributed by atoms with van der Waals surface area (Å²) in [7, 11) is 0.